The minimum Gasteiger partial charge on any atom is -0.365 e. The zero-order valence-electron chi connectivity index (χ0n) is 14.1. The fourth-order valence-electron chi connectivity index (χ4n) is 3.66. The van der Waals surface area contributed by atoms with Gasteiger partial charge in [0.1, 0.15) is 5.82 Å². The summed E-state index contributed by atoms with van der Waals surface area (Å²) in [6.07, 6.45) is 8.57. The zero-order valence-corrected chi connectivity index (χ0v) is 14.1. The molecule has 0 radical (unpaired) electrons. The van der Waals surface area contributed by atoms with E-state index in [1.165, 1.54) is 5.56 Å². The summed E-state index contributed by atoms with van der Waals surface area (Å²) >= 11 is 0. The summed E-state index contributed by atoms with van der Waals surface area (Å²) < 4.78 is 0. The van der Waals surface area contributed by atoms with Crippen LogP contribution in [-0.4, -0.2) is 45.0 Å². The number of aryl methyl sites for hydroxylation is 1. The number of nitrogens with one attached hydrogen (secondary N) is 1. The Morgan fingerprint density at radius 3 is 3.00 bits per heavy atom. The van der Waals surface area contributed by atoms with Crippen molar-refractivity contribution in [3.8, 4) is 11.4 Å². The van der Waals surface area contributed by atoms with Crippen LogP contribution in [0.25, 0.3) is 11.4 Å². The quantitative estimate of drug-likeness (QED) is 0.892. The second-order valence-corrected chi connectivity index (χ2v) is 6.68. The number of urea groups is 1. The molecular formula is C18H22N6O. The Morgan fingerprint density at radius 2 is 2.20 bits per heavy atom. The minimum absolute atomic E-state index is 0.169. The number of nitrogens with two attached hydrogens (primary N) is 1. The molecule has 2 aromatic rings. The third-order valence-electron chi connectivity index (χ3n) is 4.93. The monoisotopic (exact) mass is 338 g/mol. The predicted molar refractivity (Wildman–Crippen MR) is 95.1 cm³/mol. The van der Waals surface area contributed by atoms with Gasteiger partial charge in [-0.1, -0.05) is 0 Å². The Labute approximate surface area is 146 Å². The average Bonchev–Trinajstić information content (AvgIpc) is 3.11. The average molecular weight is 338 g/mol. The van der Waals surface area contributed by atoms with Crippen molar-refractivity contribution in [2.75, 3.05) is 18.4 Å². The van der Waals surface area contributed by atoms with Gasteiger partial charge >= 0.3 is 6.03 Å². The Balaban J connectivity index is 1.63. The molecule has 7 nitrogen and oxygen atoms in total. The smallest absolute Gasteiger partial charge is 0.314 e. The number of amides is 2. The second kappa shape index (κ2) is 6.66. The van der Waals surface area contributed by atoms with E-state index in [4.69, 9.17) is 15.7 Å². The number of carbonyl (C=O) groups is 1. The van der Waals surface area contributed by atoms with E-state index in [1.54, 1.807) is 17.3 Å². The number of primary amides is 1. The van der Waals surface area contributed by atoms with Gasteiger partial charge in [-0.05, 0) is 44.2 Å². The van der Waals surface area contributed by atoms with Gasteiger partial charge in [0.25, 0.3) is 0 Å². The van der Waals surface area contributed by atoms with E-state index in [0.29, 0.717) is 12.4 Å². The number of hydrogen-bond donors (Lipinski definition) is 2. The van der Waals surface area contributed by atoms with Gasteiger partial charge in [0.05, 0.1) is 0 Å². The number of carbonyl (C=O) groups excluding carboxylic acids is 1. The fourth-order valence-corrected chi connectivity index (χ4v) is 3.66. The van der Waals surface area contributed by atoms with Crippen LogP contribution in [0.1, 0.15) is 30.5 Å². The number of fused-ring (bicyclic) bond motifs is 1. The fraction of sp³-hybridized carbons (Fsp3) is 0.444. The van der Waals surface area contributed by atoms with Crippen molar-refractivity contribution in [1.82, 2.24) is 19.9 Å². The third-order valence-corrected chi connectivity index (χ3v) is 4.93. The Morgan fingerprint density at radius 1 is 1.28 bits per heavy atom. The second-order valence-electron chi connectivity index (χ2n) is 6.68. The van der Waals surface area contributed by atoms with Gasteiger partial charge < -0.3 is 16.0 Å². The van der Waals surface area contributed by atoms with Crippen LogP contribution < -0.4 is 11.1 Å². The molecule has 1 fully saturated rings. The molecule has 0 saturated carbocycles. The van der Waals surface area contributed by atoms with Gasteiger partial charge in [0.2, 0.25) is 0 Å². The van der Waals surface area contributed by atoms with E-state index in [9.17, 15) is 4.79 Å². The first-order chi connectivity index (χ1) is 12.2. The molecule has 1 aliphatic carbocycles. The first-order valence-electron chi connectivity index (χ1n) is 8.82. The normalized spacial score (nSPS) is 19.5. The SMILES string of the molecule is NC(=O)N1CCC[C@@H](Nc2nc(-c3cccnc3)nc3c2CCC3)C1. The van der Waals surface area contributed by atoms with Crippen LogP contribution in [0.4, 0.5) is 10.6 Å². The van der Waals surface area contributed by atoms with E-state index in [1.807, 2.05) is 12.1 Å². The molecule has 1 saturated heterocycles. The molecule has 0 bridgehead atoms. The lowest BCUT2D eigenvalue weighted by Gasteiger charge is -2.32. The third kappa shape index (κ3) is 3.26. The molecular weight excluding hydrogens is 316 g/mol. The largest absolute Gasteiger partial charge is 0.365 e. The lowest BCUT2D eigenvalue weighted by molar-refractivity contribution is 0.192. The van der Waals surface area contributed by atoms with Crippen molar-refractivity contribution < 1.29 is 4.79 Å². The van der Waals surface area contributed by atoms with Crippen LogP contribution in [0.15, 0.2) is 24.5 Å². The highest BCUT2D eigenvalue weighted by atomic mass is 16.2. The van der Waals surface area contributed by atoms with Crippen LogP contribution in [-0.2, 0) is 12.8 Å². The summed E-state index contributed by atoms with van der Waals surface area (Å²) in [7, 11) is 0. The van der Waals surface area contributed by atoms with Gasteiger partial charge in [0, 0.05) is 48.3 Å². The van der Waals surface area contributed by atoms with Crippen molar-refractivity contribution in [2.24, 2.45) is 5.73 Å². The molecule has 2 aliphatic rings. The lowest BCUT2D eigenvalue weighted by Crippen LogP contribution is -2.47. The van der Waals surface area contributed by atoms with E-state index in [0.717, 1.165) is 55.7 Å². The summed E-state index contributed by atoms with van der Waals surface area (Å²) in [5, 5.41) is 3.56. The van der Waals surface area contributed by atoms with Crippen molar-refractivity contribution in [1.29, 1.82) is 0 Å². The molecule has 0 unspecified atom stereocenters. The number of likely N-dealkylation sites (tertiary alicyclic amines) is 1. The van der Waals surface area contributed by atoms with Crippen molar-refractivity contribution in [2.45, 2.75) is 38.1 Å². The number of hydrogen-bond acceptors (Lipinski definition) is 5. The molecule has 4 rings (SSSR count). The van der Waals surface area contributed by atoms with Crippen molar-refractivity contribution in [3.63, 3.8) is 0 Å². The number of piperidine rings is 1. The molecule has 2 aromatic heterocycles. The first-order valence-corrected chi connectivity index (χ1v) is 8.82. The number of nitrogens with zero attached hydrogens (tertiary/aromatic N) is 4. The summed E-state index contributed by atoms with van der Waals surface area (Å²) in [4.78, 5) is 26.9. The number of aromatic nitrogens is 3. The highest BCUT2D eigenvalue weighted by Crippen LogP contribution is 2.30. The molecule has 7 heteroatoms. The molecule has 0 aromatic carbocycles. The summed E-state index contributed by atoms with van der Waals surface area (Å²) in [6.45, 7) is 1.35. The van der Waals surface area contributed by atoms with E-state index in [2.05, 4.69) is 10.3 Å². The molecule has 1 aliphatic heterocycles. The highest BCUT2D eigenvalue weighted by molar-refractivity contribution is 5.72. The molecule has 3 heterocycles. The predicted octanol–water partition coefficient (Wildman–Crippen LogP) is 1.98. The van der Waals surface area contributed by atoms with E-state index in [-0.39, 0.29) is 12.1 Å². The van der Waals surface area contributed by atoms with Crippen LogP contribution in [0.3, 0.4) is 0 Å². The van der Waals surface area contributed by atoms with Gasteiger partial charge in [-0.3, -0.25) is 4.98 Å². The standard InChI is InChI=1S/C18H22N6O/c19-18(25)24-9-3-5-13(11-24)21-17-14-6-1-7-15(14)22-16(23-17)12-4-2-8-20-10-12/h2,4,8,10,13H,1,3,5-7,9,11H2,(H2,19,25)(H,21,22,23)/t13-/m1/s1. The van der Waals surface area contributed by atoms with Gasteiger partial charge in [-0.15, -0.1) is 0 Å². The van der Waals surface area contributed by atoms with Gasteiger partial charge in [0.15, 0.2) is 5.82 Å². The Bertz CT molecular complexity index is 779. The van der Waals surface area contributed by atoms with E-state index < -0.39 is 0 Å². The minimum atomic E-state index is -0.351. The summed E-state index contributed by atoms with van der Waals surface area (Å²) in [6, 6.07) is 3.69. The maximum Gasteiger partial charge on any atom is 0.314 e. The Kier molecular flexibility index (Phi) is 4.21. The molecule has 130 valence electrons. The summed E-state index contributed by atoms with van der Waals surface area (Å²) in [5.41, 5.74) is 8.69. The highest BCUT2D eigenvalue weighted by Gasteiger charge is 2.25. The van der Waals surface area contributed by atoms with Crippen LogP contribution >= 0.6 is 0 Å². The molecule has 0 spiro atoms. The molecule has 2 amide bonds. The lowest BCUT2D eigenvalue weighted by atomic mass is 10.1. The zero-order chi connectivity index (χ0) is 17.2. The van der Waals surface area contributed by atoms with Crippen LogP contribution in [0.5, 0.6) is 0 Å². The van der Waals surface area contributed by atoms with Crippen molar-refractivity contribution in [3.05, 3.63) is 35.8 Å². The molecule has 25 heavy (non-hydrogen) atoms. The maximum atomic E-state index is 11.5. The topological polar surface area (TPSA) is 97.0 Å². The van der Waals surface area contributed by atoms with Crippen molar-refractivity contribution >= 4 is 11.8 Å². The van der Waals surface area contributed by atoms with Crippen LogP contribution in [0.2, 0.25) is 0 Å². The van der Waals surface area contributed by atoms with Crippen LogP contribution in [0, 0.1) is 0 Å². The number of rotatable bonds is 3. The first kappa shape index (κ1) is 15.8. The van der Waals surface area contributed by atoms with E-state index >= 15 is 0 Å². The number of anilines is 1. The maximum absolute atomic E-state index is 11.5. The van der Waals surface area contributed by atoms with Gasteiger partial charge in [-0.25, -0.2) is 14.8 Å². The Hall–Kier alpha value is -2.70. The summed E-state index contributed by atoms with van der Waals surface area (Å²) in [5.74, 6) is 1.61. The molecule has 1 atom stereocenters. The molecule has 3 N–H and O–H groups in total. The van der Waals surface area contributed by atoms with Gasteiger partial charge in [-0.2, -0.15) is 0 Å². The number of pyridine rings is 1.